The second kappa shape index (κ2) is 6.46. The molecule has 1 aliphatic rings. The van der Waals surface area contributed by atoms with Gasteiger partial charge in [0.15, 0.2) is 11.5 Å². The van der Waals surface area contributed by atoms with E-state index in [2.05, 4.69) is 0 Å². The van der Waals surface area contributed by atoms with Crippen molar-refractivity contribution < 1.29 is 14.2 Å². The number of methoxy groups -OCH3 is 3. The van der Waals surface area contributed by atoms with E-state index in [0.29, 0.717) is 46.7 Å². The Morgan fingerprint density at radius 1 is 0.889 bits per heavy atom. The van der Waals surface area contributed by atoms with E-state index in [-0.39, 0.29) is 0 Å². The molecule has 3 aromatic rings. The normalized spacial score (nSPS) is 12.3. The van der Waals surface area contributed by atoms with Crippen LogP contribution in [0.3, 0.4) is 0 Å². The molecule has 2 heterocycles. The molecule has 0 unspecified atom stereocenters. The van der Waals surface area contributed by atoms with E-state index in [1.807, 2.05) is 18.2 Å². The fourth-order valence-corrected chi connectivity index (χ4v) is 3.60. The van der Waals surface area contributed by atoms with Crippen molar-refractivity contribution in [3.8, 4) is 28.5 Å². The van der Waals surface area contributed by atoms with Crippen molar-refractivity contribution >= 4 is 10.8 Å². The standard InChI is InChI=1S/C21H19NO5/c1-25-14-5-4-12-8-17-15-11-19(27-3)18(26-2)9-13(15)6-7-22(17)21(24)20(23)16(12)10-14/h4-5,8-11H,6-7H2,1-3H3. The Morgan fingerprint density at radius 3 is 2.33 bits per heavy atom. The third kappa shape index (κ3) is 2.65. The summed E-state index contributed by atoms with van der Waals surface area (Å²) in [4.78, 5) is 25.6. The van der Waals surface area contributed by atoms with Crippen molar-refractivity contribution in [1.29, 1.82) is 0 Å². The molecule has 6 nitrogen and oxygen atoms in total. The van der Waals surface area contributed by atoms with Crippen LogP contribution in [-0.4, -0.2) is 25.9 Å². The number of rotatable bonds is 3. The molecule has 2 aromatic carbocycles. The fraction of sp³-hybridized carbons (Fsp3) is 0.238. The minimum atomic E-state index is -0.534. The lowest BCUT2D eigenvalue weighted by molar-refractivity contribution is 0.354. The van der Waals surface area contributed by atoms with Gasteiger partial charge in [-0.3, -0.25) is 9.59 Å². The lowest BCUT2D eigenvalue weighted by atomic mass is 9.96. The summed E-state index contributed by atoms with van der Waals surface area (Å²) in [5, 5.41) is 1.04. The molecule has 0 fully saturated rings. The molecule has 0 spiro atoms. The van der Waals surface area contributed by atoms with Gasteiger partial charge in [-0.25, -0.2) is 0 Å². The molecule has 0 atom stereocenters. The van der Waals surface area contributed by atoms with Crippen LogP contribution in [0.15, 0.2) is 46.0 Å². The van der Waals surface area contributed by atoms with Gasteiger partial charge < -0.3 is 18.8 Å². The third-order valence-corrected chi connectivity index (χ3v) is 5.02. The molecular weight excluding hydrogens is 346 g/mol. The molecule has 0 saturated carbocycles. The van der Waals surface area contributed by atoms with Crippen LogP contribution in [0.4, 0.5) is 0 Å². The van der Waals surface area contributed by atoms with Gasteiger partial charge in [-0.15, -0.1) is 0 Å². The highest BCUT2D eigenvalue weighted by Crippen LogP contribution is 2.38. The summed E-state index contributed by atoms with van der Waals surface area (Å²) in [7, 11) is 4.70. The molecule has 0 bridgehead atoms. The molecular formula is C21H19NO5. The van der Waals surface area contributed by atoms with Crippen LogP contribution in [0.1, 0.15) is 5.56 Å². The molecule has 4 rings (SSSR count). The highest BCUT2D eigenvalue weighted by molar-refractivity contribution is 5.86. The topological polar surface area (TPSA) is 66.8 Å². The quantitative estimate of drug-likeness (QED) is 0.668. The summed E-state index contributed by atoms with van der Waals surface area (Å²) in [6, 6.07) is 10.9. The first-order valence-corrected chi connectivity index (χ1v) is 8.58. The van der Waals surface area contributed by atoms with Gasteiger partial charge in [0.2, 0.25) is 0 Å². The molecule has 0 radical (unpaired) electrons. The molecule has 1 aromatic heterocycles. The molecule has 27 heavy (non-hydrogen) atoms. The summed E-state index contributed by atoms with van der Waals surface area (Å²) in [6.45, 7) is 0.435. The predicted molar refractivity (Wildman–Crippen MR) is 103 cm³/mol. The summed E-state index contributed by atoms with van der Waals surface area (Å²) in [5.74, 6) is 1.77. The monoisotopic (exact) mass is 365 g/mol. The number of fused-ring (bicyclic) bond motifs is 4. The number of benzene rings is 2. The van der Waals surface area contributed by atoms with Crippen molar-refractivity contribution in [2.45, 2.75) is 13.0 Å². The van der Waals surface area contributed by atoms with E-state index in [0.717, 1.165) is 11.1 Å². The number of hydrogen-bond donors (Lipinski definition) is 0. The Bertz CT molecular complexity index is 1180. The van der Waals surface area contributed by atoms with Crippen LogP contribution >= 0.6 is 0 Å². The van der Waals surface area contributed by atoms with Crippen LogP contribution in [-0.2, 0) is 13.0 Å². The molecule has 0 N–H and O–H groups in total. The number of nitrogens with zero attached hydrogens (tertiary/aromatic N) is 1. The minimum Gasteiger partial charge on any atom is -0.497 e. The van der Waals surface area contributed by atoms with Gasteiger partial charge in [0.25, 0.3) is 11.0 Å². The van der Waals surface area contributed by atoms with Gasteiger partial charge in [0.1, 0.15) is 5.75 Å². The average molecular weight is 365 g/mol. The maximum atomic E-state index is 12.9. The third-order valence-electron chi connectivity index (χ3n) is 5.02. The van der Waals surface area contributed by atoms with Gasteiger partial charge in [0, 0.05) is 17.5 Å². The highest BCUT2D eigenvalue weighted by Gasteiger charge is 2.21. The summed E-state index contributed by atoms with van der Waals surface area (Å²) in [5.41, 5.74) is 1.54. The number of aryl methyl sites for hydroxylation is 1. The molecule has 0 saturated heterocycles. The molecule has 138 valence electrons. The van der Waals surface area contributed by atoms with Gasteiger partial charge in [0.05, 0.1) is 27.0 Å². The first-order valence-electron chi connectivity index (χ1n) is 8.58. The minimum absolute atomic E-state index is 0.350. The van der Waals surface area contributed by atoms with Crippen LogP contribution in [0.5, 0.6) is 17.2 Å². The molecule has 1 aliphatic heterocycles. The van der Waals surface area contributed by atoms with E-state index >= 15 is 0 Å². The predicted octanol–water partition coefficient (Wildman–Crippen LogP) is 2.61. The Balaban J connectivity index is 2.10. The van der Waals surface area contributed by atoms with E-state index in [9.17, 15) is 9.59 Å². The van der Waals surface area contributed by atoms with Crippen molar-refractivity contribution in [3.05, 3.63) is 62.5 Å². The smallest absolute Gasteiger partial charge is 0.299 e. The molecule has 0 aliphatic carbocycles. The zero-order valence-electron chi connectivity index (χ0n) is 15.4. The van der Waals surface area contributed by atoms with Crippen LogP contribution in [0, 0.1) is 0 Å². The Morgan fingerprint density at radius 2 is 1.63 bits per heavy atom. The van der Waals surface area contributed by atoms with Crippen molar-refractivity contribution in [1.82, 2.24) is 4.57 Å². The van der Waals surface area contributed by atoms with E-state index in [1.165, 1.54) is 7.11 Å². The molecule has 6 heteroatoms. The van der Waals surface area contributed by atoms with Gasteiger partial charge in [-0.1, -0.05) is 6.07 Å². The van der Waals surface area contributed by atoms with E-state index in [1.54, 1.807) is 37.0 Å². The Hall–Kier alpha value is -3.28. The Labute approximate surface area is 155 Å². The van der Waals surface area contributed by atoms with Crippen molar-refractivity contribution in [2.24, 2.45) is 0 Å². The maximum Gasteiger partial charge on any atom is 0.299 e. The second-order valence-corrected chi connectivity index (χ2v) is 6.38. The summed E-state index contributed by atoms with van der Waals surface area (Å²) >= 11 is 0. The Kier molecular flexibility index (Phi) is 4.11. The average Bonchev–Trinajstić information content (AvgIpc) is 2.81. The van der Waals surface area contributed by atoms with Crippen LogP contribution in [0.25, 0.3) is 22.0 Å². The number of aromatic nitrogens is 1. The van der Waals surface area contributed by atoms with E-state index in [4.69, 9.17) is 14.2 Å². The number of hydrogen-bond acceptors (Lipinski definition) is 5. The van der Waals surface area contributed by atoms with Crippen molar-refractivity contribution in [3.63, 3.8) is 0 Å². The zero-order valence-corrected chi connectivity index (χ0v) is 15.4. The first-order chi connectivity index (χ1) is 13.1. The van der Waals surface area contributed by atoms with Crippen molar-refractivity contribution in [2.75, 3.05) is 21.3 Å². The van der Waals surface area contributed by atoms with Gasteiger partial charge in [-0.05, 0) is 47.7 Å². The summed E-state index contributed by atoms with van der Waals surface area (Å²) < 4.78 is 17.6. The first kappa shape index (κ1) is 17.1. The second-order valence-electron chi connectivity index (χ2n) is 6.38. The lowest BCUT2D eigenvalue weighted by Crippen LogP contribution is -2.34. The highest BCUT2D eigenvalue weighted by atomic mass is 16.5. The fourth-order valence-electron chi connectivity index (χ4n) is 3.60. The SMILES string of the molecule is COc1ccc2cc3n(c(=O)c(=O)c2c1)CCc1cc(OC)c(OC)cc1-3. The summed E-state index contributed by atoms with van der Waals surface area (Å²) in [6.07, 6.45) is 0.631. The molecule has 0 amide bonds. The number of ether oxygens (including phenoxy) is 3. The maximum absolute atomic E-state index is 12.9. The van der Waals surface area contributed by atoms with Gasteiger partial charge in [-0.2, -0.15) is 0 Å². The van der Waals surface area contributed by atoms with E-state index < -0.39 is 11.0 Å². The lowest BCUT2D eigenvalue weighted by Gasteiger charge is -2.22. The zero-order chi connectivity index (χ0) is 19.1. The largest absolute Gasteiger partial charge is 0.497 e. The van der Waals surface area contributed by atoms with Gasteiger partial charge >= 0.3 is 0 Å². The van der Waals surface area contributed by atoms with Crippen LogP contribution in [0.2, 0.25) is 0 Å². The van der Waals surface area contributed by atoms with Crippen LogP contribution < -0.4 is 25.2 Å².